The van der Waals surface area contributed by atoms with Crippen LogP contribution in [0.4, 0.5) is 18.9 Å². The number of alkyl halides is 3. The van der Waals surface area contributed by atoms with Gasteiger partial charge in [-0.05, 0) is 18.9 Å². The zero-order valence-corrected chi connectivity index (χ0v) is 10.6. The quantitative estimate of drug-likeness (QED) is 0.649. The number of non-ortho nitro benzene ring substituents is 1. The Morgan fingerprint density at radius 1 is 1.35 bits per heavy atom. The third kappa shape index (κ3) is 7.31. The van der Waals surface area contributed by atoms with Crippen molar-refractivity contribution in [1.29, 1.82) is 0 Å². The number of nitro benzene ring substituents is 1. The number of hydrogen-bond donors (Lipinski definition) is 2. The van der Waals surface area contributed by atoms with E-state index < -0.39 is 17.0 Å². The number of carbonyl (C=O) groups excluding carboxylic acids is 1. The van der Waals surface area contributed by atoms with E-state index >= 15 is 0 Å². The summed E-state index contributed by atoms with van der Waals surface area (Å²) >= 11 is 0. The fourth-order valence-electron chi connectivity index (χ4n) is 1.13. The fraction of sp³-hybridized carbons (Fsp3) is 0.364. The van der Waals surface area contributed by atoms with E-state index in [4.69, 9.17) is 10.5 Å². The number of halogens is 3. The van der Waals surface area contributed by atoms with Crippen molar-refractivity contribution in [1.82, 2.24) is 0 Å². The van der Waals surface area contributed by atoms with Crippen molar-refractivity contribution in [3.63, 3.8) is 0 Å². The standard InChI is InChI=1S/C9H12N2O2.C2H2F3NO/c1-7(10)6-8-2-4-9(5-3-8)11(12)13;3-2(4,5)1(6)7/h2-5,7H,6,10H2,1H3;(H2,6,7). The number of nitrogens with two attached hydrogens (primary N) is 2. The molecule has 20 heavy (non-hydrogen) atoms. The van der Waals surface area contributed by atoms with Crippen molar-refractivity contribution in [2.75, 3.05) is 0 Å². The maximum atomic E-state index is 10.7. The number of amides is 1. The van der Waals surface area contributed by atoms with Crippen LogP contribution in [0.15, 0.2) is 24.3 Å². The van der Waals surface area contributed by atoms with Crippen molar-refractivity contribution in [2.24, 2.45) is 11.5 Å². The molecular weight excluding hydrogens is 279 g/mol. The van der Waals surface area contributed by atoms with Crippen molar-refractivity contribution in [2.45, 2.75) is 25.6 Å². The molecule has 0 fully saturated rings. The van der Waals surface area contributed by atoms with Gasteiger partial charge in [-0.15, -0.1) is 0 Å². The summed E-state index contributed by atoms with van der Waals surface area (Å²) in [4.78, 5) is 19.0. The lowest BCUT2D eigenvalue weighted by Crippen LogP contribution is -2.30. The molecule has 0 radical (unpaired) electrons. The zero-order valence-electron chi connectivity index (χ0n) is 10.6. The van der Waals surface area contributed by atoms with E-state index in [-0.39, 0.29) is 11.7 Å². The zero-order chi connectivity index (χ0) is 15.9. The van der Waals surface area contributed by atoms with E-state index in [1.165, 1.54) is 12.1 Å². The van der Waals surface area contributed by atoms with Crippen molar-refractivity contribution < 1.29 is 22.9 Å². The second-order valence-corrected chi connectivity index (χ2v) is 3.97. The molecule has 0 saturated heterocycles. The van der Waals surface area contributed by atoms with Gasteiger partial charge in [0.1, 0.15) is 0 Å². The van der Waals surface area contributed by atoms with Crippen LogP contribution in [0.1, 0.15) is 12.5 Å². The first-order chi connectivity index (χ1) is 9.04. The van der Waals surface area contributed by atoms with Gasteiger partial charge in [0.05, 0.1) is 4.92 Å². The highest BCUT2D eigenvalue weighted by Crippen LogP contribution is 2.12. The van der Waals surface area contributed by atoms with Gasteiger partial charge in [-0.25, -0.2) is 0 Å². The first-order valence-corrected chi connectivity index (χ1v) is 5.39. The molecule has 4 N–H and O–H groups in total. The number of nitro groups is 1. The summed E-state index contributed by atoms with van der Waals surface area (Å²) in [6.07, 6.45) is -4.11. The molecule has 0 heterocycles. The van der Waals surface area contributed by atoms with Crippen LogP contribution in [0.3, 0.4) is 0 Å². The van der Waals surface area contributed by atoms with Crippen LogP contribution in [0, 0.1) is 10.1 Å². The van der Waals surface area contributed by atoms with Gasteiger partial charge in [-0.2, -0.15) is 13.2 Å². The molecule has 0 spiro atoms. The molecule has 1 unspecified atom stereocenters. The Balaban J connectivity index is 0.000000441. The Bertz CT molecular complexity index is 458. The molecule has 1 amide bonds. The second-order valence-electron chi connectivity index (χ2n) is 3.97. The summed E-state index contributed by atoms with van der Waals surface area (Å²) in [6.45, 7) is 1.90. The molecule has 9 heteroatoms. The van der Waals surface area contributed by atoms with Crippen LogP contribution in [-0.2, 0) is 11.2 Å². The molecule has 112 valence electrons. The number of nitrogens with zero attached hydrogens (tertiary/aromatic N) is 1. The normalized spacial score (nSPS) is 12.1. The molecule has 0 aromatic heterocycles. The predicted molar refractivity (Wildman–Crippen MR) is 65.7 cm³/mol. The maximum Gasteiger partial charge on any atom is 0.470 e. The summed E-state index contributed by atoms with van der Waals surface area (Å²) in [6, 6.07) is 6.56. The predicted octanol–water partition coefficient (Wildman–Crippen LogP) is 1.52. The number of primary amides is 1. The Morgan fingerprint density at radius 2 is 1.75 bits per heavy atom. The molecule has 6 nitrogen and oxygen atoms in total. The SMILES string of the molecule is CC(N)Cc1ccc([N+](=O)[O-])cc1.NC(=O)C(F)(F)F. The molecule has 0 aliphatic carbocycles. The molecular formula is C11H14F3N3O3. The maximum absolute atomic E-state index is 10.7. The minimum Gasteiger partial charge on any atom is -0.362 e. The van der Waals surface area contributed by atoms with Gasteiger partial charge in [-0.1, -0.05) is 12.1 Å². The van der Waals surface area contributed by atoms with Gasteiger partial charge in [-0.3, -0.25) is 14.9 Å². The van der Waals surface area contributed by atoms with Gasteiger partial charge in [0.25, 0.3) is 5.69 Å². The fourth-order valence-corrected chi connectivity index (χ4v) is 1.13. The largest absolute Gasteiger partial charge is 0.470 e. The monoisotopic (exact) mass is 293 g/mol. The summed E-state index contributed by atoms with van der Waals surface area (Å²) in [7, 11) is 0. The first kappa shape index (κ1) is 17.8. The molecule has 0 bridgehead atoms. The topological polar surface area (TPSA) is 112 Å². The molecule has 0 saturated carbocycles. The third-order valence-electron chi connectivity index (χ3n) is 1.98. The van der Waals surface area contributed by atoms with Crippen LogP contribution < -0.4 is 11.5 Å². The van der Waals surface area contributed by atoms with Gasteiger partial charge in [0, 0.05) is 18.2 Å². The summed E-state index contributed by atoms with van der Waals surface area (Å²) in [5.41, 5.74) is 10.5. The van der Waals surface area contributed by atoms with E-state index in [0.717, 1.165) is 12.0 Å². The average molecular weight is 293 g/mol. The molecule has 1 aromatic carbocycles. The van der Waals surface area contributed by atoms with Gasteiger partial charge < -0.3 is 11.5 Å². The Labute approximate surface area is 112 Å². The van der Waals surface area contributed by atoms with Crippen LogP contribution in [0.5, 0.6) is 0 Å². The lowest BCUT2D eigenvalue weighted by Gasteiger charge is -2.03. The average Bonchev–Trinajstić information content (AvgIpc) is 2.28. The third-order valence-corrected chi connectivity index (χ3v) is 1.98. The van der Waals surface area contributed by atoms with Gasteiger partial charge in [0.15, 0.2) is 0 Å². The van der Waals surface area contributed by atoms with Crippen LogP contribution >= 0.6 is 0 Å². The lowest BCUT2D eigenvalue weighted by molar-refractivity contribution is -0.384. The van der Waals surface area contributed by atoms with Gasteiger partial charge >= 0.3 is 12.1 Å². The van der Waals surface area contributed by atoms with Gasteiger partial charge in [0.2, 0.25) is 0 Å². The van der Waals surface area contributed by atoms with Crippen molar-refractivity contribution in [3.05, 3.63) is 39.9 Å². The Hall–Kier alpha value is -2.16. The van der Waals surface area contributed by atoms with Crippen LogP contribution in [-0.4, -0.2) is 23.0 Å². The number of hydrogen-bond acceptors (Lipinski definition) is 4. The molecule has 1 aromatic rings. The van der Waals surface area contributed by atoms with E-state index in [0.29, 0.717) is 0 Å². The Morgan fingerprint density at radius 3 is 2.00 bits per heavy atom. The molecule has 1 rings (SSSR count). The van der Waals surface area contributed by atoms with Crippen LogP contribution in [0.2, 0.25) is 0 Å². The summed E-state index contributed by atoms with van der Waals surface area (Å²) < 4.78 is 32.1. The number of rotatable bonds is 3. The minimum atomic E-state index is -4.86. The highest BCUT2D eigenvalue weighted by Gasteiger charge is 2.35. The van der Waals surface area contributed by atoms with E-state index in [1.54, 1.807) is 12.1 Å². The first-order valence-electron chi connectivity index (χ1n) is 5.39. The van der Waals surface area contributed by atoms with Crippen molar-refractivity contribution in [3.8, 4) is 0 Å². The molecule has 0 aliphatic rings. The number of carbonyl (C=O) groups is 1. The van der Waals surface area contributed by atoms with E-state index in [2.05, 4.69) is 5.73 Å². The van der Waals surface area contributed by atoms with Crippen molar-refractivity contribution >= 4 is 11.6 Å². The molecule has 1 atom stereocenters. The molecule has 0 aliphatic heterocycles. The number of benzene rings is 1. The second kappa shape index (κ2) is 7.43. The van der Waals surface area contributed by atoms with E-state index in [9.17, 15) is 23.3 Å². The summed E-state index contributed by atoms with van der Waals surface area (Å²) in [5.74, 6) is -2.26. The lowest BCUT2D eigenvalue weighted by atomic mass is 10.1. The minimum absolute atomic E-state index is 0.0847. The van der Waals surface area contributed by atoms with Crippen LogP contribution in [0.25, 0.3) is 0 Å². The smallest absolute Gasteiger partial charge is 0.362 e. The highest BCUT2D eigenvalue weighted by molar-refractivity contribution is 5.79. The Kier molecular flexibility index (Phi) is 6.63. The highest BCUT2D eigenvalue weighted by atomic mass is 19.4. The van der Waals surface area contributed by atoms with E-state index in [1.807, 2.05) is 6.92 Å². The summed E-state index contributed by atoms with van der Waals surface area (Å²) in [5, 5.41) is 10.3.